The molecule has 2 N–H and O–H groups in total. The molecule has 27 heavy (non-hydrogen) atoms. The van der Waals surface area contributed by atoms with Crippen molar-refractivity contribution < 1.29 is 18.1 Å². The Hall–Kier alpha value is -1.97. The van der Waals surface area contributed by atoms with Gasteiger partial charge in [0.1, 0.15) is 11.6 Å². The van der Waals surface area contributed by atoms with E-state index in [9.17, 15) is 13.2 Å². The van der Waals surface area contributed by atoms with Crippen LogP contribution in [0.3, 0.4) is 0 Å². The summed E-state index contributed by atoms with van der Waals surface area (Å²) in [5, 5.41) is 5.83. The normalized spacial score (nSPS) is 12.8. The summed E-state index contributed by atoms with van der Waals surface area (Å²) < 4.78 is 24.5. The van der Waals surface area contributed by atoms with Crippen LogP contribution in [0.1, 0.15) is 18.9 Å². The smallest absolute Gasteiger partial charge is 0.275 e. The predicted octanol–water partition coefficient (Wildman–Crippen LogP) is 0.745. The number of likely N-dealkylation sites (N-methyl/N-ethyl adjacent to an activating group) is 1. The lowest BCUT2D eigenvalue weighted by Gasteiger charge is -2.16. The summed E-state index contributed by atoms with van der Waals surface area (Å²) in [6, 6.07) is 7.40. The summed E-state index contributed by atoms with van der Waals surface area (Å²) >= 11 is 1.56. The first-order valence-electron chi connectivity index (χ1n) is 8.65. The fourth-order valence-electron chi connectivity index (χ4n) is 2.53. The van der Waals surface area contributed by atoms with Gasteiger partial charge in [0.2, 0.25) is 10.0 Å². The first-order valence-corrected chi connectivity index (χ1v) is 11.4. The van der Waals surface area contributed by atoms with E-state index in [1.807, 2.05) is 38.4 Å². The Balaban J connectivity index is 2.02. The van der Waals surface area contributed by atoms with Crippen molar-refractivity contribution >= 4 is 33.0 Å². The zero-order chi connectivity index (χ0) is 20.2. The van der Waals surface area contributed by atoms with E-state index in [2.05, 4.69) is 10.3 Å². The maximum Gasteiger partial charge on any atom is 0.275 e. The number of carbonyl (C=O) groups excluding carboxylic acids is 1. The molecule has 0 aliphatic carbocycles. The predicted molar refractivity (Wildman–Crippen MR) is 110 cm³/mol. The molecule has 1 aromatic heterocycles. The lowest BCUT2D eigenvalue weighted by molar-refractivity contribution is -0.885. The number of amides is 1. The third kappa shape index (κ3) is 6.30. The van der Waals surface area contributed by atoms with Crippen LogP contribution in [0.2, 0.25) is 0 Å². The van der Waals surface area contributed by atoms with Crippen LogP contribution in [0, 0.1) is 0 Å². The Morgan fingerprint density at radius 1 is 1.30 bits per heavy atom. The SMILES string of the molecule is CC(C)NC(=O)C[NH+](C)Cc1nc(-c2ccc(N(C)S(C)(=O)=O)cc2)cs1. The van der Waals surface area contributed by atoms with Gasteiger partial charge in [0, 0.05) is 24.0 Å². The lowest BCUT2D eigenvalue weighted by Crippen LogP contribution is -3.09. The van der Waals surface area contributed by atoms with Crippen LogP contribution in [0.15, 0.2) is 29.6 Å². The zero-order valence-electron chi connectivity index (χ0n) is 16.3. The number of quaternary nitrogens is 1. The lowest BCUT2D eigenvalue weighted by atomic mass is 10.1. The molecule has 0 aliphatic rings. The van der Waals surface area contributed by atoms with Crippen molar-refractivity contribution in [1.82, 2.24) is 10.3 Å². The fourth-order valence-corrected chi connectivity index (χ4v) is 3.95. The fraction of sp³-hybridized carbons (Fsp3) is 0.444. The highest BCUT2D eigenvalue weighted by molar-refractivity contribution is 7.92. The molecule has 2 rings (SSSR count). The van der Waals surface area contributed by atoms with Gasteiger partial charge in [-0.05, 0) is 26.0 Å². The number of hydrogen-bond donors (Lipinski definition) is 2. The monoisotopic (exact) mass is 411 g/mol. The molecule has 0 aliphatic heterocycles. The molecule has 1 amide bonds. The van der Waals surface area contributed by atoms with Gasteiger partial charge in [-0.25, -0.2) is 13.4 Å². The Morgan fingerprint density at radius 3 is 2.48 bits per heavy atom. The molecule has 0 bridgehead atoms. The molecule has 0 fully saturated rings. The molecule has 148 valence electrons. The van der Waals surface area contributed by atoms with Crippen molar-refractivity contribution in [2.45, 2.75) is 26.4 Å². The van der Waals surface area contributed by atoms with Crippen LogP contribution < -0.4 is 14.5 Å². The highest BCUT2D eigenvalue weighted by Gasteiger charge is 2.15. The summed E-state index contributed by atoms with van der Waals surface area (Å²) in [5.41, 5.74) is 2.39. The van der Waals surface area contributed by atoms with Gasteiger partial charge in [0.05, 0.1) is 24.7 Å². The van der Waals surface area contributed by atoms with Gasteiger partial charge in [0.15, 0.2) is 6.54 Å². The number of rotatable bonds is 8. The quantitative estimate of drug-likeness (QED) is 0.671. The van der Waals surface area contributed by atoms with Crippen LogP contribution in [0.4, 0.5) is 5.69 Å². The number of thiazole rings is 1. The van der Waals surface area contributed by atoms with E-state index >= 15 is 0 Å². The van der Waals surface area contributed by atoms with Crippen molar-refractivity contribution in [3.05, 3.63) is 34.7 Å². The van der Waals surface area contributed by atoms with E-state index in [0.717, 1.165) is 21.2 Å². The molecule has 1 unspecified atom stereocenters. The number of nitrogens with one attached hydrogen (secondary N) is 2. The molecule has 1 atom stereocenters. The van der Waals surface area contributed by atoms with Crippen molar-refractivity contribution in [2.24, 2.45) is 0 Å². The third-order valence-electron chi connectivity index (χ3n) is 3.94. The number of nitrogens with zero attached hydrogens (tertiary/aromatic N) is 2. The molecular weight excluding hydrogens is 384 g/mol. The van der Waals surface area contributed by atoms with Gasteiger partial charge < -0.3 is 10.2 Å². The topological polar surface area (TPSA) is 83.8 Å². The van der Waals surface area contributed by atoms with Crippen molar-refractivity contribution in [1.29, 1.82) is 0 Å². The van der Waals surface area contributed by atoms with Crippen LogP contribution in [-0.2, 0) is 21.4 Å². The van der Waals surface area contributed by atoms with E-state index in [1.54, 1.807) is 23.5 Å². The van der Waals surface area contributed by atoms with Gasteiger partial charge in [-0.2, -0.15) is 0 Å². The molecule has 9 heteroatoms. The average Bonchev–Trinajstić information content (AvgIpc) is 3.00. The Bertz CT molecular complexity index is 876. The van der Waals surface area contributed by atoms with Crippen LogP contribution >= 0.6 is 11.3 Å². The van der Waals surface area contributed by atoms with E-state index < -0.39 is 10.0 Å². The summed E-state index contributed by atoms with van der Waals surface area (Å²) in [6.45, 7) is 4.96. The van der Waals surface area contributed by atoms with Crippen LogP contribution in [0.5, 0.6) is 0 Å². The molecule has 0 saturated heterocycles. The molecule has 0 radical (unpaired) electrons. The van der Waals surface area contributed by atoms with Crippen molar-refractivity contribution in [2.75, 3.05) is 31.2 Å². The number of benzene rings is 1. The summed E-state index contributed by atoms with van der Waals surface area (Å²) in [4.78, 5) is 17.6. The van der Waals surface area contributed by atoms with Gasteiger partial charge in [-0.1, -0.05) is 12.1 Å². The summed E-state index contributed by atoms with van der Waals surface area (Å²) in [5.74, 6) is 0.0323. The maximum atomic E-state index is 11.8. The van der Waals surface area contributed by atoms with Crippen LogP contribution in [-0.4, -0.2) is 52.2 Å². The average molecular weight is 412 g/mol. The van der Waals surface area contributed by atoms with Gasteiger partial charge in [-0.15, -0.1) is 11.3 Å². The second kappa shape index (κ2) is 8.81. The summed E-state index contributed by atoms with van der Waals surface area (Å²) in [6.07, 6.45) is 1.17. The Kier molecular flexibility index (Phi) is 6.96. The molecule has 1 aromatic carbocycles. The number of aromatic nitrogens is 1. The third-order valence-corrected chi connectivity index (χ3v) is 6.00. The van der Waals surface area contributed by atoms with Crippen molar-refractivity contribution in [3.63, 3.8) is 0 Å². The standard InChI is InChI=1S/C18H26N4O3S2/c1-13(2)19-17(23)10-21(3)11-18-20-16(12-26-18)14-6-8-15(9-7-14)22(4)27(5,24)25/h6-9,12-13H,10-11H2,1-5H3,(H,19,23)/p+1. The number of sulfonamides is 1. The second-order valence-corrected chi connectivity index (χ2v) is 9.89. The number of carbonyl (C=O) groups is 1. The maximum absolute atomic E-state index is 11.8. The van der Waals surface area contributed by atoms with Gasteiger partial charge in [0.25, 0.3) is 5.91 Å². The van der Waals surface area contributed by atoms with E-state index in [0.29, 0.717) is 18.8 Å². The molecule has 0 saturated carbocycles. The minimum Gasteiger partial charge on any atom is -0.349 e. The first kappa shape index (κ1) is 21.3. The zero-order valence-corrected chi connectivity index (χ0v) is 17.9. The molecule has 2 aromatic rings. The van der Waals surface area contributed by atoms with Gasteiger partial charge in [-0.3, -0.25) is 9.10 Å². The van der Waals surface area contributed by atoms with E-state index in [4.69, 9.17) is 0 Å². The highest BCUT2D eigenvalue weighted by atomic mass is 32.2. The van der Waals surface area contributed by atoms with Crippen LogP contribution in [0.25, 0.3) is 11.3 Å². The minimum atomic E-state index is -3.28. The Morgan fingerprint density at radius 2 is 1.93 bits per heavy atom. The van der Waals surface area contributed by atoms with E-state index in [1.165, 1.54) is 17.6 Å². The number of hydrogen-bond acceptors (Lipinski definition) is 5. The first-order chi connectivity index (χ1) is 12.6. The van der Waals surface area contributed by atoms with E-state index in [-0.39, 0.29) is 11.9 Å². The van der Waals surface area contributed by atoms with Crippen molar-refractivity contribution in [3.8, 4) is 11.3 Å². The molecule has 1 heterocycles. The van der Waals surface area contributed by atoms with Gasteiger partial charge >= 0.3 is 0 Å². The Labute approximate surface area is 165 Å². The molecule has 0 spiro atoms. The molecule has 7 nitrogen and oxygen atoms in total. The molecular formula is C18H27N4O3S2+. The minimum absolute atomic E-state index is 0.0323. The number of anilines is 1. The summed E-state index contributed by atoms with van der Waals surface area (Å²) in [7, 11) is 0.220. The second-order valence-electron chi connectivity index (χ2n) is 6.94. The largest absolute Gasteiger partial charge is 0.349 e. The highest BCUT2D eigenvalue weighted by Crippen LogP contribution is 2.25.